The van der Waals surface area contributed by atoms with Gasteiger partial charge in [-0.05, 0) is 29.6 Å². The lowest BCUT2D eigenvalue weighted by molar-refractivity contribution is -0.133. The van der Waals surface area contributed by atoms with Crippen molar-refractivity contribution in [2.24, 2.45) is 0 Å². The maximum atomic E-state index is 12.4. The minimum Gasteiger partial charge on any atom is -0.484 e. The third-order valence-electron chi connectivity index (χ3n) is 4.33. The summed E-state index contributed by atoms with van der Waals surface area (Å²) in [6.07, 6.45) is 1.61. The van der Waals surface area contributed by atoms with Gasteiger partial charge in [0.05, 0.1) is 5.39 Å². The number of thiophene rings is 1. The zero-order valence-corrected chi connectivity index (χ0v) is 16.4. The molecule has 3 heterocycles. The largest absolute Gasteiger partial charge is 0.484 e. The van der Waals surface area contributed by atoms with Gasteiger partial charge in [-0.25, -0.2) is 9.97 Å². The van der Waals surface area contributed by atoms with Gasteiger partial charge in [0.1, 0.15) is 22.7 Å². The standard InChI is InChI=1S/C18H17BrN4O2S/c19-13-2-1-3-14(10-13)25-11-16(24)22-5-7-23(8-6-22)17-15-4-9-26-18(15)21-12-20-17/h1-4,9-10,12H,5-8,11H2. The minimum atomic E-state index is 0.00740. The van der Waals surface area contributed by atoms with Crippen molar-refractivity contribution in [3.05, 3.63) is 46.5 Å². The van der Waals surface area contributed by atoms with Crippen molar-refractivity contribution in [3.8, 4) is 5.75 Å². The molecule has 1 aliphatic rings. The molecule has 2 aromatic heterocycles. The van der Waals surface area contributed by atoms with Gasteiger partial charge >= 0.3 is 0 Å². The van der Waals surface area contributed by atoms with Gasteiger partial charge in [-0.3, -0.25) is 4.79 Å². The van der Waals surface area contributed by atoms with E-state index in [1.54, 1.807) is 17.7 Å². The molecule has 1 amide bonds. The predicted molar refractivity (Wildman–Crippen MR) is 106 cm³/mol. The monoisotopic (exact) mass is 432 g/mol. The number of halogens is 1. The van der Waals surface area contributed by atoms with Gasteiger partial charge in [0, 0.05) is 30.7 Å². The van der Waals surface area contributed by atoms with Crippen LogP contribution in [0, 0.1) is 0 Å². The molecule has 1 aromatic carbocycles. The average Bonchev–Trinajstić information content (AvgIpc) is 3.15. The van der Waals surface area contributed by atoms with Crippen LogP contribution in [0.3, 0.4) is 0 Å². The summed E-state index contributed by atoms with van der Waals surface area (Å²) in [5.74, 6) is 1.65. The van der Waals surface area contributed by atoms with Crippen LogP contribution in [-0.2, 0) is 4.79 Å². The maximum Gasteiger partial charge on any atom is 0.260 e. The molecule has 3 aromatic rings. The zero-order valence-electron chi connectivity index (χ0n) is 14.0. The zero-order chi connectivity index (χ0) is 17.9. The highest BCUT2D eigenvalue weighted by Crippen LogP contribution is 2.27. The van der Waals surface area contributed by atoms with Crippen molar-refractivity contribution in [2.75, 3.05) is 37.7 Å². The smallest absolute Gasteiger partial charge is 0.260 e. The number of fused-ring (bicyclic) bond motifs is 1. The number of hydrogen-bond acceptors (Lipinski definition) is 6. The van der Waals surface area contributed by atoms with Gasteiger partial charge in [0.15, 0.2) is 6.61 Å². The topological polar surface area (TPSA) is 58.6 Å². The molecule has 0 aliphatic carbocycles. The van der Waals surface area contributed by atoms with E-state index in [1.807, 2.05) is 34.5 Å². The molecule has 134 valence electrons. The fourth-order valence-electron chi connectivity index (χ4n) is 2.99. The van der Waals surface area contributed by atoms with Crippen LogP contribution in [0.1, 0.15) is 0 Å². The van der Waals surface area contributed by atoms with Crippen LogP contribution < -0.4 is 9.64 Å². The lowest BCUT2D eigenvalue weighted by Gasteiger charge is -2.35. The summed E-state index contributed by atoms with van der Waals surface area (Å²) in [6.45, 7) is 2.89. The Morgan fingerprint density at radius 2 is 2.04 bits per heavy atom. The minimum absolute atomic E-state index is 0.00740. The molecule has 0 radical (unpaired) electrons. The Labute approximate surface area is 163 Å². The molecule has 1 saturated heterocycles. The number of anilines is 1. The number of nitrogens with zero attached hydrogens (tertiary/aromatic N) is 4. The highest BCUT2D eigenvalue weighted by atomic mass is 79.9. The maximum absolute atomic E-state index is 12.4. The van der Waals surface area contributed by atoms with Crippen LogP contribution in [0.2, 0.25) is 0 Å². The van der Waals surface area contributed by atoms with Crippen LogP contribution in [-0.4, -0.2) is 53.6 Å². The number of amides is 1. The van der Waals surface area contributed by atoms with Crippen LogP contribution in [0.5, 0.6) is 5.75 Å². The first-order chi connectivity index (χ1) is 12.7. The molecule has 6 nitrogen and oxygen atoms in total. The molecule has 0 atom stereocenters. The Morgan fingerprint density at radius 1 is 1.19 bits per heavy atom. The van der Waals surface area contributed by atoms with Crippen LogP contribution >= 0.6 is 27.3 Å². The molecule has 8 heteroatoms. The summed E-state index contributed by atoms with van der Waals surface area (Å²) in [5.41, 5.74) is 0. The first-order valence-corrected chi connectivity index (χ1v) is 9.97. The quantitative estimate of drug-likeness (QED) is 0.633. The van der Waals surface area contributed by atoms with E-state index < -0.39 is 0 Å². The number of benzene rings is 1. The van der Waals surface area contributed by atoms with Gasteiger partial charge in [-0.15, -0.1) is 11.3 Å². The lowest BCUT2D eigenvalue weighted by atomic mass is 10.2. The molecule has 0 unspecified atom stereocenters. The SMILES string of the molecule is O=C(COc1cccc(Br)c1)N1CCN(c2ncnc3sccc23)CC1. The summed E-state index contributed by atoms with van der Waals surface area (Å²) in [6, 6.07) is 9.56. The Kier molecular flexibility index (Phi) is 5.03. The molecule has 0 N–H and O–H groups in total. The number of aromatic nitrogens is 2. The van der Waals surface area contributed by atoms with Gasteiger partial charge < -0.3 is 14.5 Å². The highest BCUT2D eigenvalue weighted by molar-refractivity contribution is 9.10. The first-order valence-electron chi connectivity index (χ1n) is 8.30. The van der Waals surface area contributed by atoms with E-state index in [4.69, 9.17) is 4.74 Å². The summed E-state index contributed by atoms with van der Waals surface area (Å²) >= 11 is 5.01. The molecule has 1 fully saturated rings. The second-order valence-corrected chi connectivity index (χ2v) is 7.76. The van der Waals surface area contributed by atoms with Crippen molar-refractivity contribution in [3.63, 3.8) is 0 Å². The molecule has 0 saturated carbocycles. The molecule has 0 spiro atoms. The van der Waals surface area contributed by atoms with E-state index in [9.17, 15) is 4.79 Å². The van der Waals surface area contributed by atoms with Gasteiger partial charge in [-0.1, -0.05) is 22.0 Å². The molecule has 4 rings (SSSR count). The molecule has 26 heavy (non-hydrogen) atoms. The summed E-state index contributed by atoms with van der Waals surface area (Å²) in [5, 5.41) is 3.11. The van der Waals surface area contributed by atoms with E-state index in [-0.39, 0.29) is 12.5 Å². The first kappa shape index (κ1) is 17.2. The third kappa shape index (κ3) is 3.66. The fourth-order valence-corrected chi connectivity index (χ4v) is 4.10. The summed E-state index contributed by atoms with van der Waals surface area (Å²) in [4.78, 5) is 26.2. The summed E-state index contributed by atoms with van der Waals surface area (Å²) in [7, 11) is 0. The van der Waals surface area contributed by atoms with Crippen molar-refractivity contribution in [2.45, 2.75) is 0 Å². The van der Waals surface area contributed by atoms with Gasteiger partial charge in [0.2, 0.25) is 0 Å². The van der Waals surface area contributed by atoms with Gasteiger partial charge in [0.25, 0.3) is 5.91 Å². The molecule has 0 bridgehead atoms. The fraction of sp³-hybridized carbons (Fsp3) is 0.278. The number of carbonyl (C=O) groups excluding carboxylic acids is 1. The Balaban J connectivity index is 1.34. The molecular formula is C18H17BrN4O2S. The van der Waals surface area contributed by atoms with Crippen LogP contribution in [0.15, 0.2) is 46.5 Å². The van der Waals surface area contributed by atoms with E-state index in [2.05, 4.69) is 36.9 Å². The normalized spacial score (nSPS) is 14.7. The molecule has 1 aliphatic heterocycles. The Bertz CT molecular complexity index is 924. The lowest BCUT2D eigenvalue weighted by Crippen LogP contribution is -2.50. The third-order valence-corrected chi connectivity index (χ3v) is 5.65. The Hall–Kier alpha value is -2.19. The van der Waals surface area contributed by atoms with Crippen LogP contribution in [0.25, 0.3) is 10.2 Å². The van der Waals surface area contributed by atoms with Crippen molar-refractivity contribution < 1.29 is 9.53 Å². The van der Waals surface area contributed by atoms with Crippen molar-refractivity contribution in [1.29, 1.82) is 0 Å². The van der Waals surface area contributed by atoms with E-state index in [0.29, 0.717) is 18.8 Å². The van der Waals surface area contributed by atoms with Crippen molar-refractivity contribution in [1.82, 2.24) is 14.9 Å². The number of ether oxygens (including phenoxy) is 1. The average molecular weight is 433 g/mol. The van der Waals surface area contributed by atoms with Crippen molar-refractivity contribution >= 4 is 49.2 Å². The number of hydrogen-bond donors (Lipinski definition) is 0. The Morgan fingerprint density at radius 3 is 2.85 bits per heavy atom. The molecular weight excluding hydrogens is 416 g/mol. The number of piperazine rings is 1. The summed E-state index contributed by atoms with van der Waals surface area (Å²) < 4.78 is 6.54. The van der Waals surface area contributed by atoms with Crippen LogP contribution in [0.4, 0.5) is 5.82 Å². The second kappa shape index (κ2) is 7.59. The second-order valence-electron chi connectivity index (χ2n) is 5.95. The highest BCUT2D eigenvalue weighted by Gasteiger charge is 2.23. The van der Waals surface area contributed by atoms with E-state index in [0.717, 1.165) is 33.6 Å². The number of carbonyl (C=O) groups is 1. The predicted octanol–water partition coefficient (Wildman–Crippen LogP) is 3.18. The number of rotatable bonds is 4. The van der Waals surface area contributed by atoms with Gasteiger partial charge in [-0.2, -0.15) is 0 Å². The van der Waals surface area contributed by atoms with E-state index >= 15 is 0 Å². The van der Waals surface area contributed by atoms with E-state index in [1.165, 1.54) is 0 Å².